The molecule has 0 radical (unpaired) electrons. The second-order valence-corrected chi connectivity index (χ2v) is 6.62. The van der Waals surface area contributed by atoms with Crippen molar-refractivity contribution in [3.63, 3.8) is 0 Å². The van der Waals surface area contributed by atoms with Crippen molar-refractivity contribution >= 4 is 17.5 Å². The van der Waals surface area contributed by atoms with Gasteiger partial charge in [0.2, 0.25) is 0 Å². The maximum atomic E-state index is 12.1. The summed E-state index contributed by atoms with van der Waals surface area (Å²) < 4.78 is 40.1. The average Bonchev–Trinajstić information content (AvgIpc) is 3.31. The molecule has 9 heteroatoms. The molecule has 1 unspecified atom stereocenters. The summed E-state index contributed by atoms with van der Waals surface area (Å²) in [5.41, 5.74) is 0.351. The quantitative estimate of drug-likeness (QED) is 0.635. The molecule has 0 heterocycles. The smallest absolute Gasteiger partial charge is 0.406 e. The van der Waals surface area contributed by atoms with Crippen molar-refractivity contribution in [1.29, 1.82) is 0 Å². The van der Waals surface area contributed by atoms with Crippen LogP contribution >= 0.6 is 0 Å². The summed E-state index contributed by atoms with van der Waals surface area (Å²) >= 11 is 0. The predicted molar refractivity (Wildman–Crippen MR) is 88.7 cm³/mol. The second kappa shape index (κ2) is 8.39. The van der Waals surface area contributed by atoms with Crippen LogP contribution < -0.4 is 20.3 Å². The van der Waals surface area contributed by atoms with Gasteiger partial charge in [-0.15, -0.1) is 13.2 Å². The number of nitrogens with one attached hydrogen (secondary N) is 3. The van der Waals surface area contributed by atoms with Gasteiger partial charge in [0.1, 0.15) is 5.75 Å². The van der Waals surface area contributed by atoms with E-state index in [0.29, 0.717) is 16.5 Å². The SMILES string of the molecule is C[C@@H](NC(=O)C[NH+](C)CC(=O)Nc1ccc(OC(F)(F)F)cc1)C1CC1. The molecule has 2 amide bonds. The van der Waals surface area contributed by atoms with Gasteiger partial charge in [0.25, 0.3) is 11.8 Å². The predicted octanol–water partition coefficient (Wildman–Crippen LogP) is 0.953. The van der Waals surface area contributed by atoms with Gasteiger partial charge in [-0.1, -0.05) is 0 Å². The van der Waals surface area contributed by atoms with Crippen LogP contribution in [-0.4, -0.2) is 44.4 Å². The van der Waals surface area contributed by atoms with Crippen LogP contribution in [0, 0.1) is 5.92 Å². The van der Waals surface area contributed by atoms with Gasteiger partial charge in [0.05, 0.1) is 7.05 Å². The number of benzene rings is 1. The molecule has 6 nitrogen and oxygen atoms in total. The summed E-state index contributed by atoms with van der Waals surface area (Å²) in [4.78, 5) is 24.6. The van der Waals surface area contributed by atoms with Gasteiger partial charge in [-0.2, -0.15) is 0 Å². The molecular weight excluding hydrogens is 351 g/mol. The molecule has 0 bridgehead atoms. The zero-order chi connectivity index (χ0) is 19.3. The number of halogens is 3. The largest absolute Gasteiger partial charge is 0.573 e. The first-order valence-corrected chi connectivity index (χ1v) is 8.38. The number of hydrogen-bond acceptors (Lipinski definition) is 3. The second-order valence-electron chi connectivity index (χ2n) is 6.62. The van der Waals surface area contributed by atoms with Crippen LogP contribution in [0.3, 0.4) is 0 Å². The number of carbonyl (C=O) groups excluding carboxylic acids is 2. The zero-order valence-electron chi connectivity index (χ0n) is 14.7. The highest BCUT2D eigenvalue weighted by molar-refractivity contribution is 5.91. The van der Waals surface area contributed by atoms with Gasteiger partial charge in [-0.25, -0.2) is 0 Å². The topological polar surface area (TPSA) is 71.9 Å². The summed E-state index contributed by atoms with van der Waals surface area (Å²) in [6.07, 6.45) is -2.48. The number of amides is 2. The molecule has 2 rings (SSSR count). The lowest BCUT2D eigenvalue weighted by Gasteiger charge is -2.16. The standard InChI is InChI=1S/C17H22F3N3O3/c1-11(12-3-4-12)21-15(24)9-23(2)10-16(25)22-13-5-7-14(8-6-13)26-17(18,19)20/h5-8,11-12H,3-4,9-10H2,1-2H3,(H,21,24)(H,22,25)/p+1/t11-/m1/s1. The van der Waals surface area contributed by atoms with Crippen molar-refractivity contribution in [3.05, 3.63) is 24.3 Å². The molecule has 2 atom stereocenters. The highest BCUT2D eigenvalue weighted by atomic mass is 19.4. The number of anilines is 1. The van der Waals surface area contributed by atoms with E-state index in [-0.39, 0.29) is 36.7 Å². The third-order valence-electron chi connectivity index (χ3n) is 4.01. The van der Waals surface area contributed by atoms with E-state index in [0.717, 1.165) is 25.0 Å². The molecule has 1 aliphatic carbocycles. The van der Waals surface area contributed by atoms with E-state index in [9.17, 15) is 22.8 Å². The normalized spacial score (nSPS) is 16.5. The lowest BCUT2D eigenvalue weighted by molar-refractivity contribution is -0.862. The molecule has 3 N–H and O–H groups in total. The molecule has 1 saturated carbocycles. The van der Waals surface area contributed by atoms with Crippen LogP contribution in [0.1, 0.15) is 19.8 Å². The third-order valence-corrected chi connectivity index (χ3v) is 4.01. The Kier molecular flexibility index (Phi) is 6.47. The first-order valence-electron chi connectivity index (χ1n) is 8.38. The third kappa shape index (κ3) is 7.30. The summed E-state index contributed by atoms with van der Waals surface area (Å²) in [7, 11) is 1.72. The number of quaternary nitrogens is 1. The summed E-state index contributed by atoms with van der Waals surface area (Å²) in [5, 5.41) is 5.50. The maximum Gasteiger partial charge on any atom is 0.573 e. The first-order chi connectivity index (χ1) is 12.1. The minimum atomic E-state index is -4.76. The average molecular weight is 374 g/mol. The fourth-order valence-corrected chi connectivity index (χ4v) is 2.57. The van der Waals surface area contributed by atoms with Crippen LogP contribution in [0.25, 0.3) is 0 Å². The lowest BCUT2D eigenvalue weighted by atomic mass is 10.2. The molecule has 0 aromatic heterocycles. The molecule has 1 aromatic carbocycles. The highest BCUT2D eigenvalue weighted by Gasteiger charge is 2.31. The van der Waals surface area contributed by atoms with E-state index in [1.807, 2.05) is 6.92 Å². The van der Waals surface area contributed by atoms with Crippen LogP contribution in [0.4, 0.5) is 18.9 Å². The maximum absolute atomic E-state index is 12.1. The molecule has 0 saturated heterocycles. The van der Waals surface area contributed by atoms with Crippen LogP contribution in [0.2, 0.25) is 0 Å². The van der Waals surface area contributed by atoms with E-state index in [1.165, 1.54) is 12.1 Å². The van der Waals surface area contributed by atoms with E-state index < -0.39 is 6.36 Å². The molecule has 26 heavy (non-hydrogen) atoms. The summed E-state index contributed by atoms with van der Waals surface area (Å²) in [6, 6.07) is 5.02. The van der Waals surface area contributed by atoms with Crippen molar-refractivity contribution in [2.75, 3.05) is 25.5 Å². The Balaban J connectivity index is 1.73. The minimum absolute atomic E-state index is 0.0615. The van der Waals surface area contributed by atoms with Gasteiger partial charge in [0, 0.05) is 11.7 Å². The molecule has 1 aliphatic rings. The van der Waals surface area contributed by atoms with Crippen LogP contribution in [0.15, 0.2) is 24.3 Å². The number of ether oxygens (including phenoxy) is 1. The van der Waals surface area contributed by atoms with Crippen LogP contribution in [-0.2, 0) is 9.59 Å². The number of carbonyl (C=O) groups is 2. The van der Waals surface area contributed by atoms with Gasteiger partial charge < -0.3 is 20.3 Å². The number of hydrogen-bond donors (Lipinski definition) is 3. The fraction of sp³-hybridized carbons (Fsp3) is 0.529. The Morgan fingerprint density at radius 1 is 1.19 bits per heavy atom. The van der Waals surface area contributed by atoms with Crippen molar-refractivity contribution < 1.29 is 32.4 Å². The molecule has 0 spiro atoms. The molecular formula is C17H23F3N3O3+. The summed E-state index contributed by atoms with van der Waals surface area (Å²) in [5.74, 6) is -0.245. The van der Waals surface area contributed by atoms with Crippen molar-refractivity contribution in [2.24, 2.45) is 5.92 Å². The minimum Gasteiger partial charge on any atom is -0.406 e. The van der Waals surface area contributed by atoms with Gasteiger partial charge in [0.15, 0.2) is 13.1 Å². The van der Waals surface area contributed by atoms with Crippen molar-refractivity contribution in [2.45, 2.75) is 32.2 Å². The Morgan fingerprint density at radius 2 is 1.77 bits per heavy atom. The zero-order valence-corrected chi connectivity index (χ0v) is 14.7. The Labute approximate surface area is 149 Å². The van der Waals surface area contributed by atoms with Crippen LogP contribution in [0.5, 0.6) is 5.75 Å². The van der Waals surface area contributed by atoms with Gasteiger partial charge in [-0.05, 0) is 49.9 Å². The Bertz CT molecular complexity index is 630. The van der Waals surface area contributed by atoms with E-state index in [1.54, 1.807) is 7.05 Å². The highest BCUT2D eigenvalue weighted by Crippen LogP contribution is 2.32. The van der Waals surface area contributed by atoms with E-state index >= 15 is 0 Å². The van der Waals surface area contributed by atoms with E-state index in [4.69, 9.17) is 0 Å². The van der Waals surface area contributed by atoms with E-state index in [2.05, 4.69) is 15.4 Å². The fourth-order valence-electron chi connectivity index (χ4n) is 2.57. The monoisotopic (exact) mass is 374 g/mol. The first kappa shape index (κ1) is 20.0. The van der Waals surface area contributed by atoms with Gasteiger partial charge >= 0.3 is 6.36 Å². The lowest BCUT2D eigenvalue weighted by Crippen LogP contribution is -3.11. The number of alkyl halides is 3. The number of rotatable bonds is 8. The number of likely N-dealkylation sites (N-methyl/N-ethyl adjacent to an activating group) is 1. The molecule has 144 valence electrons. The Hall–Kier alpha value is -2.29. The van der Waals surface area contributed by atoms with Crippen molar-refractivity contribution in [3.8, 4) is 5.75 Å². The van der Waals surface area contributed by atoms with Gasteiger partial charge in [-0.3, -0.25) is 9.59 Å². The Morgan fingerprint density at radius 3 is 2.31 bits per heavy atom. The van der Waals surface area contributed by atoms with Crippen molar-refractivity contribution in [1.82, 2.24) is 5.32 Å². The molecule has 1 aromatic rings. The molecule has 1 fully saturated rings. The molecule has 0 aliphatic heterocycles. The summed E-state index contributed by atoms with van der Waals surface area (Å²) in [6.45, 7) is 2.21.